The third-order valence-electron chi connectivity index (χ3n) is 2.42. The molecule has 0 unspecified atom stereocenters. The Morgan fingerprint density at radius 3 is 3.07 bits per heavy atom. The zero-order chi connectivity index (χ0) is 10.1. The monoisotopic (exact) mass is 198 g/mol. The Hall–Kier alpha value is -0.870. The predicted molar refractivity (Wildman–Crippen MR) is 48.6 cm³/mol. The van der Waals surface area contributed by atoms with Crippen molar-refractivity contribution in [3.63, 3.8) is 0 Å². The van der Waals surface area contributed by atoms with Gasteiger partial charge in [0.25, 0.3) is 0 Å². The van der Waals surface area contributed by atoms with Gasteiger partial charge in [-0.3, -0.25) is 4.79 Å². The number of ether oxygens (including phenoxy) is 2. The summed E-state index contributed by atoms with van der Waals surface area (Å²) in [7, 11) is 0. The summed E-state index contributed by atoms with van der Waals surface area (Å²) in [4.78, 5) is 11.2. The number of aliphatic hydroxyl groups is 1. The lowest BCUT2D eigenvalue weighted by molar-refractivity contribution is -0.150. The second kappa shape index (κ2) is 3.71. The van der Waals surface area contributed by atoms with Crippen molar-refractivity contribution in [1.82, 2.24) is 0 Å². The van der Waals surface area contributed by atoms with Crippen LogP contribution in [0.4, 0.5) is 0 Å². The molecule has 14 heavy (non-hydrogen) atoms. The molecule has 0 amide bonds. The van der Waals surface area contributed by atoms with Crippen LogP contribution in [0.1, 0.15) is 19.8 Å². The minimum absolute atomic E-state index is 0.0260. The molecular weight excluding hydrogens is 184 g/mol. The first kappa shape index (κ1) is 9.68. The highest BCUT2D eigenvalue weighted by Gasteiger charge is 2.38. The average molecular weight is 198 g/mol. The third-order valence-corrected chi connectivity index (χ3v) is 2.42. The second-order valence-electron chi connectivity index (χ2n) is 3.83. The number of carbonyl (C=O) groups excluding carboxylic acids is 1. The molecule has 0 aliphatic carbocycles. The van der Waals surface area contributed by atoms with Crippen LogP contribution in [0.5, 0.6) is 0 Å². The number of fused-ring (bicyclic) bond motifs is 1. The van der Waals surface area contributed by atoms with Crippen molar-refractivity contribution in [1.29, 1.82) is 0 Å². The zero-order valence-electron chi connectivity index (χ0n) is 8.05. The fourth-order valence-corrected chi connectivity index (χ4v) is 1.64. The second-order valence-corrected chi connectivity index (χ2v) is 3.83. The van der Waals surface area contributed by atoms with Gasteiger partial charge in [0.2, 0.25) is 0 Å². The van der Waals surface area contributed by atoms with Crippen molar-refractivity contribution in [3.8, 4) is 0 Å². The van der Waals surface area contributed by atoms with E-state index in [-0.39, 0.29) is 30.7 Å². The summed E-state index contributed by atoms with van der Waals surface area (Å²) >= 11 is 0. The third kappa shape index (κ3) is 2.33. The van der Waals surface area contributed by atoms with Crippen molar-refractivity contribution in [2.75, 3.05) is 0 Å². The lowest BCUT2D eigenvalue weighted by Gasteiger charge is -2.13. The first-order valence-electron chi connectivity index (χ1n) is 4.86. The van der Waals surface area contributed by atoms with Crippen LogP contribution in [0.15, 0.2) is 12.2 Å². The predicted octanol–water partition coefficient (Wildman–Crippen LogP) is 0.396. The van der Waals surface area contributed by atoms with Crippen LogP contribution in [-0.2, 0) is 14.3 Å². The molecule has 0 saturated carbocycles. The Bertz CT molecular complexity index is 261. The van der Waals surface area contributed by atoms with E-state index in [1.165, 1.54) is 0 Å². The van der Waals surface area contributed by atoms with Crippen molar-refractivity contribution in [3.05, 3.63) is 12.2 Å². The molecule has 4 atom stereocenters. The van der Waals surface area contributed by atoms with Gasteiger partial charge in [0.15, 0.2) is 0 Å². The SMILES string of the molecule is C[C@@H]1C[C@@H]2O[C@H]2/C=C\[C@@H](O)CC(=O)O1. The lowest BCUT2D eigenvalue weighted by atomic mass is 10.1. The van der Waals surface area contributed by atoms with Crippen molar-refractivity contribution < 1.29 is 19.4 Å². The molecule has 2 heterocycles. The van der Waals surface area contributed by atoms with Crippen molar-refractivity contribution in [2.45, 2.75) is 44.2 Å². The van der Waals surface area contributed by atoms with E-state index in [1.807, 2.05) is 13.0 Å². The lowest BCUT2D eigenvalue weighted by Crippen LogP contribution is -2.21. The van der Waals surface area contributed by atoms with Gasteiger partial charge in [0.1, 0.15) is 12.2 Å². The van der Waals surface area contributed by atoms with E-state index in [9.17, 15) is 9.90 Å². The van der Waals surface area contributed by atoms with Crippen LogP contribution in [0.25, 0.3) is 0 Å². The van der Waals surface area contributed by atoms with Crippen molar-refractivity contribution >= 4 is 5.97 Å². The molecular formula is C10H14O4. The molecule has 4 nitrogen and oxygen atoms in total. The van der Waals surface area contributed by atoms with Crippen LogP contribution in [-0.4, -0.2) is 35.5 Å². The van der Waals surface area contributed by atoms with Crippen LogP contribution in [0.2, 0.25) is 0 Å². The minimum atomic E-state index is -0.752. The number of cyclic esters (lactones) is 1. The molecule has 1 saturated heterocycles. The molecule has 0 spiro atoms. The Morgan fingerprint density at radius 2 is 2.29 bits per heavy atom. The van der Waals surface area contributed by atoms with E-state index >= 15 is 0 Å². The summed E-state index contributed by atoms with van der Waals surface area (Å²) in [6, 6.07) is 0. The number of aliphatic hydroxyl groups excluding tert-OH is 1. The van der Waals surface area contributed by atoms with Crippen LogP contribution in [0, 0.1) is 0 Å². The topological polar surface area (TPSA) is 59.1 Å². The molecule has 78 valence electrons. The van der Waals surface area contributed by atoms with Gasteiger partial charge < -0.3 is 14.6 Å². The minimum Gasteiger partial charge on any atom is -0.462 e. The molecule has 2 rings (SSSR count). The van der Waals surface area contributed by atoms with Gasteiger partial charge in [0.05, 0.1) is 18.6 Å². The van der Waals surface area contributed by atoms with Gasteiger partial charge in [0, 0.05) is 6.42 Å². The molecule has 1 fully saturated rings. The standard InChI is InChI=1S/C10H14O4/c1-6-4-9-8(14-9)3-2-7(11)5-10(12)13-6/h2-3,6-9,11H,4-5H2,1H3/b3-2-/t6-,7-,8+,9+/m1/s1. The maximum Gasteiger partial charge on any atom is 0.309 e. The summed E-state index contributed by atoms with van der Waals surface area (Å²) in [5.74, 6) is -0.353. The van der Waals surface area contributed by atoms with Crippen molar-refractivity contribution in [2.24, 2.45) is 0 Å². The Kier molecular flexibility index (Phi) is 2.56. The highest BCUT2D eigenvalue weighted by Crippen LogP contribution is 2.29. The normalized spacial score (nSPS) is 44.9. The smallest absolute Gasteiger partial charge is 0.309 e. The summed E-state index contributed by atoms with van der Waals surface area (Å²) in [6.45, 7) is 1.84. The Balaban J connectivity index is 2.02. The fraction of sp³-hybridized carbons (Fsp3) is 0.700. The first-order valence-corrected chi connectivity index (χ1v) is 4.86. The number of hydrogen-bond donors (Lipinski definition) is 1. The van der Waals surface area contributed by atoms with Gasteiger partial charge >= 0.3 is 5.97 Å². The van der Waals surface area contributed by atoms with E-state index in [0.717, 1.165) is 6.42 Å². The molecule has 0 aromatic rings. The van der Waals surface area contributed by atoms with Gasteiger partial charge in [-0.05, 0) is 6.92 Å². The molecule has 4 heteroatoms. The van der Waals surface area contributed by atoms with Gasteiger partial charge in [-0.2, -0.15) is 0 Å². The highest BCUT2D eigenvalue weighted by molar-refractivity contribution is 5.70. The number of carbonyl (C=O) groups is 1. The number of rotatable bonds is 0. The molecule has 2 aliphatic rings. The molecule has 0 radical (unpaired) electrons. The quantitative estimate of drug-likeness (QED) is 0.347. The molecule has 0 bridgehead atoms. The van der Waals surface area contributed by atoms with E-state index in [2.05, 4.69) is 0 Å². The van der Waals surface area contributed by atoms with Crippen LogP contribution >= 0.6 is 0 Å². The Morgan fingerprint density at radius 1 is 1.50 bits per heavy atom. The van der Waals surface area contributed by atoms with Crippen LogP contribution < -0.4 is 0 Å². The molecule has 0 aromatic carbocycles. The summed E-state index contributed by atoms with van der Waals surface area (Å²) in [6.07, 6.45) is 3.55. The number of hydrogen-bond acceptors (Lipinski definition) is 4. The molecule has 0 aromatic heterocycles. The van der Waals surface area contributed by atoms with E-state index in [0.29, 0.717) is 0 Å². The molecule has 2 aliphatic heterocycles. The van der Waals surface area contributed by atoms with Gasteiger partial charge in [-0.1, -0.05) is 12.2 Å². The maximum absolute atomic E-state index is 11.2. The van der Waals surface area contributed by atoms with E-state index in [4.69, 9.17) is 9.47 Å². The van der Waals surface area contributed by atoms with E-state index in [1.54, 1.807) is 6.08 Å². The zero-order valence-corrected chi connectivity index (χ0v) is 8.05. The summed E-state index contributed by atoms with van der Waals surface area (Å²) < 4.78 is 10.4. The Labute approximate surface area is 82.5 Å². The van der Waals surface area contributed by atoms with Gasteiger partial charge in [-0.25, -0.2) is 0 Å². The first-order chi connectivity index (χ1) is 6.65. The summed E-state index contributed by atoms with van der Waals surface area (Å²) in [5, 5.41) is 9.38. The fourth-order valence-electron chi connectivity index (χ4n) is 1.64. The maximum atomic E-state index is 11.2. The summed E-state index contributed by atoms with van der Waals surface area (Å²) in [5.41, 5.74) is 0. The largest absolute Gasteiger partial charge is 0.462 e. The van der Waals surface area contributed by atoms with Crippen LogP contribution in [0.3, 0.4) is 0 Å². The number of epoxide rings is 1. The molecule has 1 N–H and O–H groups in total. The van der Waals surface area contributed by atoms with E-state index < -0.39 is 6.10 Å². The number of esters is 1. The highest BCUT2D eigenvalue weighted by atomic mass is 16.6. The average Bonchev–Trinajstić information content (AvgIpc) is 2.78. The van der Waals surface area contributed by atoms with Gasteiger partial charge in [-0.15, -0.1) is 0 Å².